The van der Waals surface area contributed by atoms with Gasteiger partial charge in [0.15, 0.2) is 0 Å². The summed E-state index contributed by atoms with van der Waals surface area (Å²) in [5.41, 5.74) is 1.23. The van der Waals surface area contributed by atoms with Crippen LogP contribution in [0.4, 0.5) is 0 Å². The van der Waals surface area contributed by atoms with Crippen molar-refractivity contribution in [1.82, 2.24) is 10.2 Å². The topological polar surface area (TPSA) is 32.3 Å². The van der Waals surface area contributed by atoms with E-state index in [1.54, 1.807) is 0 Å². The van der Waals surface area contributed by atoms with Crippen LogP contribution in [0.3, 0.4) is 0 Å². The number of hydrogen-bond donors (Lipinski definition) is 1. The molecule has 0 spiro atoms. The number of benzene rings is 1. The summed E-state index contributed by atoms with van der Waals surface area (Å²) in [5.74, 6) is 0.755. The van der Waals surface area contributed by atoms with Gasteiger partial charge in [0, 0.05) is 31.0 Å². The van der Waals surface area contributed by atoms with E-state index in [0.29, 0.717) is 30.3 Å². The van der Waals surface area contributed by atoms with Crippen LogP contribution in [0, 0.1) is 5.92 Å². The van der Waals surface area contributed by atoms with E-state index in [4.69, 9.17) is 0 Å². The summed E-state index contributed by atoms with van der Waals surface area (Å²) in [7, 11) is 0. The van der Waals surface area contributed by atoms with Crippen LogP contribution in [-0.2, 0) is 4.79 Å². The van der Waals surface area contributed by atoms with E-state index in [1.165, 1.54) is 18.4 Å². The Hall–Kier alpha value is -1.35. The Balaban J connectivity index is 1.64. The van der Waals surface area contributed by atoms with E-state index in [9.17, 15) is 4.79 Å². The predicted octanol–water partition coefficient (Wildman–Crippen LogP) is 2.74. The minimum absolute atomic E-state index is 0.182. The third-order valence-corrected chi connectivity index (χ3v) is 4.72. The van der Waals surface area contributed by atoms with Crippen LogP contribution < -0.4 is 5.32 Å². The van der Waals surface area contributed by atoms with E-state index < -0.39 is 0 Å². The van der Waals surface area contributed by atoms with Crippen molar-refractivity contribution in [2.24, 2.45) is 5.92 Å². The van der Waals surface area contributed by atoms with E-state index in [1.807, 2.05) is 23.1 Å². The normalized spacial score (nSPS) is 25.8. The second-order valence-corrected chi connectivity index (χ2v) is 6.33. The summed E-state index contributed by atoms with van der Waals surface area (Å²) in [4.78, 5) is 14.4. The molecule has 3 nitrogen and oxygen atoms in total. The van der Waals surface area contributed by atoms with E-state index in [2.05, 4.69) is 31.3 Å². The van der Waals surface area contributed by atoms with E-state index >= 15 is 0 Å². The molecule has 1 aromatic carbocycles. The SMILES string of the molecule is CC(NC1CC1)[C@@H]1CC(=O)N([C@@H](C)c2ccccc2)C1. The molecule has 1 aliphatic heterocycles. The maximum absolute atomic E-state index is 12.3. The summed E-state index contributed by atoms with van der Waals surface area (Å²) in [6.07, 6.45) is 3.29. The Morgan fingerprint density at radius 1 is 1.20 bits per heavy atom. The monoisotopic (exact) mass is 272 g/mol. The molecule has 1 saturated heterocycles. The zero-order chi connectivity index (χ0) is 14.1. The predicted molar refractivity (Wildman–Crippen MR) is 80.3 cm³/mol. The number of likely N-dealkylation sites (tertiary alicyclic amines) is 1. The molecule has 0 bridgehead atoms. The van der Waals surface area contributed by atoms with Gasteiger partial charge in [-0.3, -0.25) is 4.79 Å². The number of amides is 1. The summed E-state index contributed by atoms with van der Waals surface area (Å²) in [6.45, 7) is 5.25. The highest BCUT2D eigenvalue weighted by atomic mass is 16.2. The lowest BCUT2D eigenvalue weighted by molar-refractivity contribution is -0.129. The van der Waals surface area contributed by atoms with Crippen LogP contribution in [0.5, 0.6) is 0 Å². The van der Waals surface area contributed by atoms with Gasteiger partial charge in [-0.1, -0.05) is 30.3 Å². The molecule has 0 radical (unpaired) electrons. The van der Waals surface area contributed by atoms with Gasteiger partial charge < -0.3 is 10.2 Å². The Morgan fingerprint density at radius 2 is 1.90 bits per heavy atom. The third kappa shape index (κ3) is 2.88. The van der Waals surface area contributed by atoms with Crippen molar-refractivity contribution in [3.05, 3.63) is 35.9 Å². The first-order chi connectivity index (χ1) is 9.65. The maximum Gasteiger partial charge on any atom is 0.223 e. The summed E-state index contributed by atoms with van der Waals surface area (Å²) >= 11 is 0. The molecule has 1 N–H and O–H groups in total. The average molecular weight is 272 g/mol. The van der Waals surface area contributed by atoms with E-state index in [0.717, 1.165) is 6.54 Å². The van der Waals surface area contributed by atoms with E-state index in [-0.39, 0.29) is 6.04 Å². The number of carbonyl (C=O) groups excluding carboxylic acids is 1. The highest BCUT2D eigenvalue weighted by Gasteiger charge is 2.37. The van der Waals surface area contributed by atoms with Crippen molar-refractivity contribution in [3.63, 3.8) is 0 Å². The van der Waals surface area contributed by atoms with Gasteiger partial charge in [-0.15, -0.1) is 0 Å². The minimum atomic E-state index is 0.182. The van der Waals surface area contributed by atoms with Crippen molar-refractivity contribution in [1.29, 1.82) is 0 Å². The van der Waals surface area contributed by atoms with Gasteiger partial charge in [0.05, 0.1) is 6.04 Å². The molecule has 0 aromatic heterocycles. The molecule has 2 fully saturated rings. The lowest BCUT2D eigenvalue weighted by Crippen LogP contribution is -2.37. The molecule has 3 heteroatoms. The van der Waals surface area contributed by atoms with Crippen LogP contribution in [0.25, 0.3) is 0 Å². The highest BCUT2D eigenvalue weighted by molar-refractivity contribution is 5.79. The third-order valence-electron chi connectivity index (χ3n) is 4.72. The van der Waals surface area contributed by atoms with Crippen LogP contribution >= 0.6 is 0 Å². The van der Waals surface area contributed by atoms with Crippen LogP contribution in [-0.4, -0.2) is 29.4 Å². The Bertz CT molecular complexity index is 469. The van der Waals surface area contributed by atoms with Gasteiger partial charge >= 0.3 is 0 Å². The molecular formula is C17H24N2O. The fourth-order valence-electron chi connectivity index (χ4n) is 3.14. The van der Waals surface area contributed by atoms with Crippen molar-refractivity contribution in [2.75, 3.05) is 6.54 Å². The number of nitrogens with zero attached hydrogens (tertiary/aromatic N) is 1. The highest BCUT2D eigenvalue weighted by Crippen LogP contribution is 2.31. The van der Waals surface area contributed by atoms with Crippen molar-refractivity contribution in [3.8, 4) is 0 Å². The summed E-state index contributed by atoms with van der Waals surface area (Å²) in [5, 5.41) is 3.64. The molecule has 1 heterocycles. The van der Waals surface area contributed by atoms with Crippen LogP contribution in [0.15, 0.2) is 30.3 Å². The Kier molecular flexibility index (Phi) is 3.79. The first kappa shape index (κ1) is 13.6. The van der Waals surface area contributed by atoms with Gasteiger partial charge in [0.25, 0.3) is 0 Å². The smallest absolute Gasteiger partial charge is 0.223 e. The van der Waals surface area contributed by atoms with Gasteiger partial charge in [0.1, 0.15) is 0 Å². The van der Waals surface area contributed by atoms with Gasteiger partial charge in [-0.05, 0) is 32.3 Å². The Labute approximate surface area is 121 Å². The molecule has 108 valence electrons. The minimum Gasteiger partial charge on any atom is -0.336 e. The fourth-order valence-corrected chi connectivity index (χ4v) is 3.14. The molecule has 20 heavy (non-hydrogen) atoms. The quantitative estimate of drug-likeness (QED) is 0.894. The average Bonchev–Trinajstić information content (AvgIpc) is 3.19. The van der Waals surface area contributed by atoms with Gasteiger partial charge in [-0.25, -0.2) is 0 Å². The zero-order valence-electron chi connectivity index (χ0n) is 12.4. The second-order valence-electron chi connectivity index (χ2n) is 6.33. The zero-order valence-corrected chi connectivity index (χ0v) is 12.4. The summed E-state index contributed by atoms with van der Waals surface area (Å²) in [6, 6.07) is 11.7. The number of hydrogen-bond acceptors (Lipinski definition) is 2. The Morgan fingerprint density at radius 3 is 2.55 bits per heavy atom. The van der Waals surface area contributed by atoms with Crippen molar-refractivity contribution >= 4 is 5.91 Å². The molecule has 1 unspecified atom stereocenters. The number of rotatable bonds is 5. The van der Waals surface area contributed by atoms with Crippen LogP contribution in [0.1, 0.15) is 44.7 Å². The molecule has 3 atom stereocenters. The van der Waals surface area contributed by atoms with Gasteiger partial charge in [0.2, 0.25) is 5.91 Å². The number of nitrogens with one attached hydrogen (secondary N) is 1. The standard InChI is InChI=1S/C17H24N2O/c1-12(18-16-8-9-16)15-10-17(20)19(11-15)13(2)14-6-4-3-5-7-14/h3-7,12-13,15-16,18H,8-11H2,1-2H3/t12?,13-,15+/m0/s1. The molecule has 3 rings (SSSR count). The van der Waals surface area contributed by atoms with Crippen LogP contribution in [0.2, 0.25) is 0 Å². The van der Waals surface area contributed by atoms with Crippen molar-refractivity contribution in [2.45, 2.75) is 51.2 Å². The second kappa shape index (κ2) is 5.57. The fraction of sp³-hybridized carbons (Fsp3) is 0.588. The van der Waals surface area contributed by atoms with Crippen molar-refractivity contribution < 1.29 is 4.79 Å². The summed E-state index contributed by atoms with van der Waals surface area (Å²) < 4.78 is 0. The van der Waals surface area contributed by atoms with Gasteiger partial charge in [-0.2, -0.15) is 0 Å². The number of carbonyl (C=O) groups is 1. The molecule has 1 aliphatic carbocycles. The molecule has 1 saturated carbocycles. The lowest BCUT2D eigenvalue weighted by atomic mass is 10.0. The molecule has 1 aromatic rings. The maximum atomic E-state index is 12.3. The largest absolute Gasteiger partial charge is 0.336 e. The molecule has 2 aliphatic rings. The first-order valence-corrected chi connectivity index (χ1v) is 7.75. The molecular weight excluding hydrogens is 248 g/mol. The molecule has 1 amide bonds. The first-order valence-electron chi connectivity index (χ1n) is 7.75. The lowest BCUT2D eigenvalue weighted by Gasteiger charge is -2.26.